The Morgan fingerprint density at radius 2 is 1.79 bits per heavy atom. The molecule has 1 fully saturated rings. The maximum absolute atomic E-state index is 12.7. The van der Waals surface area contributed by atoms with Gasteiger partial charge in [0.05, 0.1) is 13.0 Å². The molecule has 1 heterocycles. The molecule has 1 saturated heterocycles. The van der Waals surface area contributed by atoms with Gasteiger partial charge < -0.3 is 20.3 Å². The van der Waals surface area contributed by atoms with Crippen molar-refractivity contribution in [1.29, 1.82) is 0 Å². The second-order valence-corrected chi connectivity index (χ2v) is 6.76. The molecule has 2 aromatic rings. The number of nitrogens with zero attached hydrogens (tertiary/aromatic N) is 1. The number of hydrogen-bond acceptors (Lipinski definition) is 4. The average molecular weight is 381 g/mol. The normalized spacial score (nSPS) is 16.0. The quantitative estimate of drug-likeness (QED) is 0.834. The van der Waals surface area contributed by atoms with Crippen LogP contribution in [0.5, 0.6) is 5.75 Å². The Morgan fingerprint density at radius 3 is 2.46 bits per heavy atom. The van der Waals surface area contributed by atoms with Gasteiger partial charge in [-0.05, 0) is 36.8 Å². The molecule has 1 atom stereocenters. The van der Waals surface area contributed by atoms with Gasteiger partial charge in [0.15, 0.2) is 0 Å². The molecule has 0 aliphatic carbocycles. The Labute approximate surface area is 163 Å². The first-order chi connectivity index (χ1) is 13.4. The second-order valence-electron chi connectivity index (χ2n) is 6.76. The van der Waals surface area contributed by atoms with Crippen molar-refractivity contribution in [1.82, 2.24) is 0 Å². The number of rotatable bonds is 5. The monoisotopic (exact) mass is 381 g/mol. The first-order valence-corrected chi connectivity index (χ1v) is 9.01. The molecule has 0 bridgehead atoms. The molecule has 2 aromatic carbocycles. The van der Waals surface area contributed by atoms with E-state index in [1.807, 2.05) is 19.1 Å². The highest BCUT2D eigenvalue weighted by Crippen LogP contribution is 2.29. The standard InChI is InChI=1S/C21H23N3O4/c1-13-18(22-14(2)25)8-5-9-19(13)23-21(27)15-10-20(26)24(12-15)16-6-4-7-17(11-16)28-3/h4-9,11,15H,10,12H2,1-3H3,(H,22,25)(H,23,27). The number of amides is 3. The summed E-state index contributed by atoms with van der Waals surface area (Å²) in [5, 5.41) is 5.63. The van der Waals surface area contributed by atoms with Gasteiger partial charge in [-0.1, -0.05) is 12.1 Å². The fraction of sp³-hybridized carbons (Fsp3) is 0.286. The molecule has 0 spiro atoms. The summed E-state index contributed by atoms with van der Waals surface area (Å²) in [5.74, 6) is -0.299. The topological polar surface area (TPSA) is 87.7 Å². The zero-order valence-electron chi connectivity index (χ0n) is 16.1. The number of carbonyl (C=O) groups excluding carboxylic acids is 3. The summed E-state index contributed by atoms with van der Waals surface area (Å²) in [4.78, 5) is 38.1. The lowest BCUT2D eigenvalue weighted by Crippen LogP contribution is -2.28. The molecule has 146 valence electrons. The van der Waals surface area contributed by atoms with E-state index in [0.29, 0.717) is 29.4 Å². The number of carbonyl (C=O) groups is 3. The van der Waals surface area contributed by atoms with Crippen molar-refractivity contribution in [2.75, 3.05) is 29.2 Å². The minimum atomic E-state index is -0.456. The van der Waals surface area contributed by atoms with E-state index in [0.717, 1.165) is 5.56 Å². The molecular weight excluding hydrogens is 358 g/mol. The molecule has 1 aliphatic heterocycles. The van der Waals surface area contributed by atoms with Crippen LogP contribution in [-0.4, -0.2) is 31.4 Å². The van der Waals surface area contributed by atoms with Gasteiger partial charge in [0.25, 0.3) is 0 Å². The molecule has 3 amide bonds. The predicted molar refractivity (Wildman–Crippen MR) is 108 cm³/mol. The molecular formula is C21H23N3O4. The van der Waals surface area contributed by atoms with Gasteiger partial charge in [-0.25, -0.2) is 0 Å². The van der Waals surface area contributed by atoms with E-state index in [9.17, 15) is 14.4 Å². The van der Waals surface area contributed by atoms with Crippen LogP contribution < -0.4 is 20.3 Å². The van der Waals surface area contributed by atoms with Crippen LogP contribution in [0, 0.1) is 12.8 Å². The predicted octanol–water partition coefficient (Wildman–Crippen LogP) is 2.95. The van der Waals surface area contributed by atoms with Crippen LogP contribution in [0.15, 0.2) is 42.5 Å². The largest absolute Gasteiger partial charge is 0.497 e. The molecule has 1 unspecified atom stereocenters. The third kappa shape index (κ3) is 4.14. The first-order valence-electron chi connectivity index (χ1n) is 9.01. The van der Waals surface area contributed by atoms with Crippen LogP contribution >= 0.6 is 0 Å². The molecule has 2 N–H and O–H groups in total. The SMILES string of the molecule is COc1cccc(N2CC(C(=O)Nc3cccc(NC(C)=O)c3C)CC2=O)c1. The summed E-state index contributed by atoms with van der Waals surface area (Å²) in [6, 6.07) is 12.5. The van der Waals surface area contributed by atoms with Crippen molar-refractivity contribution >= 4 is 34.8 Å². The van der Waals surface area contributed by atoms with Crippen LogP contribution in [0.2, 0.25) is 0 Å². The van der Waals surface area contributed by atoms with Gasteiger partial charge in [-0.2, -0.15) is 0 Å². The van der Waals surface area contributed by atoms with Gasteiger partial charge in [0.2, 0.25) is 17.7 Å². The minimum Gasteiger partial charge on any atom is -0.497 e. The van der Waals surface area contributed by atoms with Crippen LogP contribution in [0.3, 0.4) is 0 Å². The number of hydrogen-bond donors (Lipinski definition) is 2. The third-order valence-corrected chi connectivity index (χ3v) is 4.76. The van der Waals surface area contributed by atoms with Gasteiger partial charge in [0, 0.05) is 43.0 Å². The van der Waals surface area contributed by atoms with Gasteiger partial charge in [-0.15, -0.1) is 0 Å². The van der Waals surface area contributed by atoms with Gasteiger partial charge in [0.1, 0.15) is 5.75 Å². The smallest absolute Gasteiger partial charge is 0.229 e. The van der Waals surface area contributed by atoms with E-state index in [2.05, 4.69) is 10.6 Å². The minimum absolute atomic E-state index is 0.0999. The molecule has 7 heteroatoms. The van der Waals surface area contributed by atoms with Crippen LogP contribution in [0.1, 0.15) is 18.9 Å². The Hall–Kier alpha value is -3.35. The summed E-state index contributed by atoms with van der Waals surface area (Å²) in [5.41, 5.74) is 2.73. The second kappa shape index (κ2) is 8.12. The van der Waals surface area contributed by atoms with E-state index in [1.54, 1.807) is 42.3 Å². The lowest BCUT2D eigenvalue weighted by molar-refractivity contribution is -0.122. The summed E-state index contributed by atoms with van der Waals surface area (Å²) in [6.07, 6.45) is 0.146. The third-order valence-electron chi connectivity index (χ3n) is 4.76. The van der Waals surface area contributed by atoms with E-state index < -0.39 is 5.92 Å². The maximum Gasteiger partial charge on any atom is 0.229 e. The number of benzene rings is 2. The Balaban J connectivity index is 1.72. The number of nitrogens with one attached hydrogen (secondary N) is 2. The molecule has 0 saturated carbocycles. The number of anilines is 3. The molecule has 0 radical (unpaired) electrons. The summed E-state index contributed by atoms with van der Waals surface area (Å²) in [6.45, 7) is 3.56. The highest BCUT2D eigenvalue weighted by molar-refractivity contribution is 6.04. The lowest BCUT2D eigenvalue weighted by Gasteiger charge is -2.18. The van der Waals surface area contributed by atoms with E-state index in [1.165, 1.54) is 6.92 Å². The number of ether oxygens (including phenoxy) is 1. The van der Waals surface area contributed by atoms with E-state index in [4.69, 9.17) is 4.74 Å². The molecule has 7 nitrogen and oxygen atoms in total. The van der Waals surface area contributed by atoms with Crippen LogP contribution in [-0.2, 0) is 14.4 Å². The lowest BCUT2D eigenvalue weighted by atomic mass is 10.1. The van der Waals surface area contributed by atoms with Gasteiger partial charge in [-0.3, -0.25) is 14.4 Å². The Kier molecular flexibility index (Phi) is 5.63. The molecule has 3 rings (SSSR count). The fourth-order valence-electron chi connectivity index (χ4n) is 3.24. The first kappa shape index (κ1) is 19.4. The Bertz CT molecular complexity index is 926. The highest BCUT2D eigenvalue weighted by Gasteiger charge is 2.35. The van der Waals surface area contributed by atoms with Crippen molar-refractivity contribution < 1.29 is 19.1 Å². The molecule has 0 aromatic heterocycles. The van der Waals surface area contributed by atoms with Crippen molar-refractivity contribution in [3.8, 4) is 5.75 Å². The zero-order valence-corrected chi connectivity index (χ0v) is 16.1. The Morgan fingerprint density at radius 1 is 1.11 bits per heavy atom. The van der Waals surface area contributed by atoms with Crippen LogP contribution in [0.4, 0.5) is 17.1 Å². The van der Waals surface area contributed by atoms with Crippen LogP contribution in [0.25, 0.3) is 0 Å². The van der Waals surface area contributed by atoms with Crippen molar-refractivity contribution in [3.63, 3.8) is 0 Å². The van der Waals surface area contributed by atoms with Crippen molar-refractivity contribution in [2.24, 2.45) is 5.92 Å². The summed E-state index contributed by atoms with van der Waals surface area (Å²) in [7, 11) is 1.57. The van der Waals surface area contributed by atoms with Crippen molar-refractivity contribution in [3.05, 3.63) is 48.0 Å². The van der Waals surface area contributed by atoms with E-state index >= 15 is 0 Å². The van der Waals surface area contributed by atoms with Gasteiger partial charge >= 0.3 is 0 Å². The number of methoxy groups -OCH3 is 1. The molecule has 28 heavy (non-hydrogen) atoms. The highest BCUT2D eigenvalue weighted by atomic mass is 16.5. The average Bonchev–Trinajstić information content (AvgIpc) is 3.06. The molecule has 1 aliphatic rings. The van der Waals surface area contributed by atoms with Crippen molar-refractivity contribution in [2.45, 2.75) is 20.3 Å². The zero-order chi connectivity index (χ0) is 20.3. The fourth-order valence-corrected chi connectivity index (χ4v) is 3.24. The summed E-state index contributed by atoms with van der Waals surface area (Å²) < 4.78 is 5.21. The maximum atomic E-state index is 12.7. The summed E-state index contributed by atoms with van der Waals surface area (Å²) >= 11 is 0. The van der Waals surface area contributed by atoms with E-state index in [-0.39, 0.29) is 24.1 Å².